The van der Waals surface area contributed by atoms with Crippen molar-refractivity contribution < 1.29 is 17.9 Å². The van der Waals surface area contributed by atoms with Gasteiger partial charge in [0.05, 0.1) is 6.54 Å². The number of sulfonamides is 1. The maximum absolute atomic E-state index is 12.2. The molecule has 1 aromatic heterocycles. The molecule has 3 rings (SSSR count). The summed E-state index contributed by atoms with van der Waals surface area (Å²) in [6, 6.07) is 9.02. The molecule has 0 saturated heterocycles. The highest BCUT2D eigenvalue weighted by atomic mass is 79.9. The van der Waals surface area contributed by atoms with Crippen molar-refractivity contribution in [3.63, 3.8) is 0 Å². The normalized spacial score (nSPS) is 17.7. The topological polar surface area (TPSA) is 64.6 Å². The van der Waals surface area contributed by atoms with Crippen molar-refractivity contribution in [3.05, 3.63) is 40.2 Å². The second-order valence-electron chi connectivity index (χ2n) is 4.41. The van der Waals surface area contributed by atoms with Crippen LogP contribution in [-0.4, -0.2) is 27.7 Å². The van der Waals surface area contributed by atoms with Crippen molar-refractivity contribution in [2.45, 2.75) is 10.3 Å². The molecule has 1 N–H and O–H groups in total. The van der Waals surface area contributed by atoms with Gasteiger partial charge in [0.15, 0.2) is 11.5 Å². The largest absolute Gasteiger partial charge is 0.486 e. The molecule has 1 aliphatic heterocycles. The van der Waals surface area contributed by atoms with Gasteiger partial charge in [0.1, 0.15) is 16.9 Å². The molecule has 0 spiro atoms. The number of thiophene rings is 1. The maximum atomic E-state index is 12.2. The molecule has 0 fully saturated rings. The molecule has 1 unspecified atom stereocenters. The number of hydrogen-bond donors (Lipinski definition) is 1. The highest BCUT2D eigenvalue weighted by Gasteiger charge is 2.24. The molecule has 8 heteroatoms. The second-order valence-corrected chi connectivity index (χ2v) is 8.14. The van der Waals surface area contributed by atoms with Gasteiger partial charge in [0.2, 0.25) is 0 Å². The first-order chi connectivity index (χ1) is 10.1. The van der Waals surface area contributed by atoms with Gasteiger partial charge in [-0.25, -0.2) is 13.1 Å². The summed E-state index contributed by atoms with van der Waals surface area (Å²) in [6.45, 7) is 0.464. The molecule has 1 atom stereocenters. The van der Waals surface area contributed by atoms with Crippen LogP contribution in [0.4, 0.5) is 0 Å². The lowest BCUT2D eigenvalue weighted by atomic mass is 10.2. The van der Waals surface area contributed by atoms with Crippen LogP contribution in [-0.2, 0) is 10.0 Å². The molecule has 2 aromatic rings. The minimum absolute atomic E-state index is 0.154. The van der Waals surface area contributed by atoms with Gasteiger partial charge < -0.3 is 9.47 Å². The van der Waals surface area contributed by atoms with Crippen molar-refractivity contribution in [1.29, 1.82) is 0 Å². The summed E-state index contributed by atoms with van der Waals surface area (Å²) in [6.07, 6.45) is -0.353. The Morgan fingerprint density at radius 3 is 2.76 bits per heavy atom. The molecule has 5 nitrogen and oxygen atoms in total. The van der Waals surface area contributed by atoms with E-state index in [1.807, 2.05) is 18.2 Å². The number of fused-ring (bicyclic) bond motifs is 1. The fraction of sp³-hybridized carbons (Fsp3) is 0.231. The van der Waals surface area contributed by atoms with Gasteiger partial charge in [0.25, 0.3) is 10.0 Å². The Morgan fingerprint density at radius 1 is 1.29 bits per heavy atom. The van der Waals surface area contributed by atoms with Crippen LogP contribution in [0, 0.1) is 0 Å². The molecule has 0 aliphatic carbocycles. The van der Waals surface area contributed by atoms with Crippen molar-refractivity contribution in [2.24, 2.45) is 0 Å². The van der Waals surface area contributed by atoms with E-state index in [0.717, 1.165) is 11.3 Å². The average Bonchev–Trinajstić information content (AvgIpc) is 2.92. The molecular weight excluding hydrogens is 378 g/mol. The number of rotatable bonds is 4. The summed E-state index contributed by atoms with van der Waals surface area (Å²) >= 11 is 4.39. The van der Waals surface area contributed by atoms with Gasteiger partial charge in [-0.2, -0.15) is 0 Å². The first-order valence-electron chi connectivity index (χ1n) is 6.17. The third kappa shape index (κ3) is 3.23. The Bertz CT molecular complexity index is 744. The third-order valence-corrected chi connectivity index (χ3v) is 6.99. The molecule has 0 saturated carbocycles. The molecule has 0 amide bonds. The second kappa shape index (κ2) is 5.96. The SMILES string of the molecule is O=S(=O)(NCC1COc2ccccc2O1)c1sccc1Br. The van der Waals surface area contributed by atoms with E-state index in [0.29, 0.717) is 22.6 Å². The van der Waals surface area contributed by atoms with E-state index in [1.165, 1.54) is 0 Å². The highest BCUT2D eigenvalue weighted by Crippen LogP contribution is 2.31. The lowest BCUT2D eigenvalue weighted by molar-refractivity contribution is 0.0943. The van der Waals surface area contributed by atoms with Crippen LogP contribution in [0.3, 0.4) is 0 Å². The Hall–Kier alpha value is -1.09. The van der Waals surface area contributed by atoms with Crippen LogP contribution in [0.15, 0.2) is 44.4 Å². The van der Waals surface area contributed by atoms with Gasteiger partial charge in [-0.1, -0.05) is 12.1 Å². The van der Waals surface area contributed by atoms with E-state index < -0.39 is 10.0 Å². The quantitative estimate of drug-likeness (QED) is 0.872. The summed E-state index contributed by atoms with van der Waals surface area (Å²) < 4.78 is 39.0. The van der Waals surface area contributed by atoms with Crippen molar-refractivity contribution in [1.82, 2.24) is 4.72 Å². The van der Waals surface area contributed by atoms with Crippen LogP contribution in [0.1, 0.15) is 0 Å². The van der Waals surface area contributed by atoms with Crippen molar-refractivity contribution >= 4 is 37.3 Å². The van der Waals surface area contributed by atoms with E-state index in [9.17, 15) is 8.42 Å². The number of benzene rings is 1. The van der Waals surface area contributed by atoms with Gasteiger partial charge >= 0.3 is 0 Å². The van der Waals surface area contributed by atoms with Gasteiger partial charge in [-0.15, -0.1) is 11.3 Å². The highest BCUT2D eigenvalue weighted by molar-refractivity contribution is 9.10. The van der Waals surface area contributed by atoms with Crippen LogP contribution >= 0.6 is 27.3 Å². The lowest BCUT2D eigenvalue weighted by Gasteiger charge is -2.26. The van der Waals surface area contributed by atoms with Gasteiger partial charge in [-0.3, -0.25) is 0 Å². The molecule has 2 heterocycles. The number of nitrogens with one attached hydrogen (secondary N) is 1. The molecule has 1 aliphatic rings. The Balaban J connectivity index is 1.66. The molecule has 0 bridgehead atoms. The van der Waals surface area contributed by atoms with Crippen LogP contribution in [0.2, 0.25) is 0 Å². The van der Waals surface area contributed by atoms with E-state index in [1.54, 1.807) is 17.5 Å². The minimum atomic E-state index is -3.54. The summed E-state index contributed by atoms with van der Waals surface area (Å²) in [7, 11) is -3.54. The summed E-state index contributed by atoms with van der Waals surface area (Å²) in [5.74, 6) is 1.31. The zero-order valence-corrected chi connectivity index (χ0v) is 14.0. The molecule has 1 aromatic carbocycles. The average molecular weight is 390 g/mol. The third-order valence-electron chi connectivity index (χ3n) is 2.90. The van der Waals surface area contributed by atoms with Crippen LogP contribution < -0.4 is 14.2 Å². The predicted molar refractivity (Wildman–Crippen MR) is 83.6 cm³/mol. The van der Waals surface area contributed by atoms with E-state index >= 15 is 0 Å². The first kappa shape index (κ1) is 14.8. The molecule has 21 heavy (non-hydrogen) atoms. The van der Waals surface area contributed by atoms with E-state index in [4.69, 9.17) is 9.47 Å². The predicted octanol–water partition coefficient (Wildman–Crippen LogP) is 2.63. The fourth-order valence-corrected chi connectivity index (χ4v) is 5.35. The zero-order valence-electron chi connectivity index (χ0n) is 10.8. The molecule has 112 valence electrons. The molecular formula is C13H12BrNO4S2. The van der Waals surface area contributed by atoms with Crippen LogP contribution in [0.5, 0.6) is 11.5 Å². The van der Waals surface area contributed by atoms with Crippen molar-refractivity contribution in [2.75, 3.05) is 13.2 Å². The monoisotopic (exact) mass is 389 g/mol. The Kier molecular flexibility index (Phi) is 4.21. The summed E-state index contributed by atoms with van der Waals surface area (Å²) in [5, 5.41) is 1.72. The standard InChI is InChI=1S/C13H12BrNO4S2/c14-10-5-6-20-13(10)21(16,17)15-7-9-8-18-11-3-1-2-4-12(11)19-9/h1-6,9,15H,7-8H2. The first-order valence-corrected chi connectivity index (χ1v) is 9.33. The maximum Gasteiger partial charge on any atom is 0.251 e. The number of para-hydroxylation sites is 2. The number of ether oxygens (including phenoxy) is 2. The molecule has 0 radical (unpaired) electrons. The van der Waals surface area contributed by atoms with E-state index in [2.05, 4.69) is 20.7 Å². The van der Waals surface area contributed by atoms with E-state index in [-0.39, 0.29) is 16.9 Å². The summed E-state index contributed by atoms with van der Waals surface area (Å²) in [5.41, 5.74) is 0. The van der Waals surface area contributed by atoms with Gasteiger partial charge in [0, 0.05) is 4.47 Å². The Labute approximate surface area is 135 Å². The number of halogens is 1. The fourth-order valence-electron chi connectivity index (χ4n) is 1.90. The Morgan fingerprint density at radius 2 is 2.05 bits per heavy atom. The smallest absolute Gasteiger partial charge is 0.251 e. The summed E-state index contributed by atoms with van der Waals surface area (Å²) in [4.78, 5) is 0. The van der Waals surface area contributed by atoms with Crippen LogP contribution in [0.25, 0.3) is 0 Å². The lowest BCUT2D eigenvalue weighted by Crippen LogP contribution is -2.40. The minimum Gasteiger partial charge on any atom is -0.486 e. The van der Waals surface area contributed by atoms with Gasteiger partial charge in [-0.05, 0) is 39.5 Å². The zero-order chi connectivity index (χ0) is 14.9. The van der Waals surface area contributed by atoms with Crippen molar-refractivity contribution in [3.8, 4) is 11.5 Å². The number of hydrogen-bond acceptors (Lipinski definition) is 5.